The second-order valence-corrected chi connectivity index (χ2v) is 11.1. The first-order valence-electron chi connectivity index (χ1n) is 17.1. The Balaban J connectivity index is 1.34. The van der Waals surface area contributed by atoms with Crippen LogP contribution >= 0.6 is 0 Å². The molecule has 8 rings (SSSR count). The molecule has 0 spiro atoms. The molecule has 8 aromatic rings. The van der Waals surface area contributed by atoms with Gasteiger partial charge in [-0.25, -0.2) is 0 Å². The SMILES string of the molecule is [2H]c1c([2H])c(-c2cccc3ccccc23)c([2H])c(N(c2ccc(-c3cccc(-c4ccccc4)c3)cc2)c2cccc3ccccc23)c1[2H]. The first kappa shape index (κ1) is 22.6. The molecule has 0 aromatic heterocycles. The number of anilines is 3. The summed E-state index contributed by atoms with van der Waals surface area (Å²) in [6.07, 6.45) is 0. The van der Waals surface area contributed by atoms with E-state index in [2.05, 4.69) is 48.5 Å². The summed E-state index contributed by atoms with van der Waals surface area (Å²) in [6.45, 7) is 0. The second-order valence-electron chi connectivity index (χ2n) is 11.1. The Morgan fingerprint density at radius 3 is 1.76 bits per heavy atom. The molecule has 8 aromatic carbocycles. The van der Waals surface area contributed by atoms with E-state index < -0.39 is 0 Å². The zero-order valence-corrected chi connectivity index (χ0v) is 24.5. The fraction of sp³-hybridized carbons (Fsp3) is 0. The van der Waals surface area contributed by atoms with Crippen molar-refractivity contribution in [3.8, 4) is 33.4 Å². The van der Waals surface area contributed by atoms with Crippen molar-refractivity contribution in [3.63, 3.8) is 0 Å². The maximum absolute atomic E-state index is 9.69. The third kappa shape index (κ3) is 5.15. The lowest BCUT2D eigenvalue weighted by molar-refractivity contribution is 1.30. The van der Waals surface area contributed by atoms with Crippen LogP contribution in [0, 0.1) is 0 Å². The minimum Gasteiger partial charge on any atom is -0.310 e. The smallest absolute Gasteiger partial charge is 0.0651 e. The Morgan fingerprint density at radius 1 is 0.400 bits per heavy atom. The predicted octanol–water partition coefficient (Wildman–Crippen LogP) is 12.5. The highest BCUT2D eigenvalue weighted by Gasteiger charge is 2.17. The Labute approximate surface area is 269 Å². The van der Waals surface area contributed by atoms with E-state index in [-0.39, 0.29) is 29.9 Å². The van der Waals surface area contributed by atoms with Crippen molar-refractivity contribution >= 4 is 38.6 Å². The second kappa shape index (κ2) is 11.6. The molecule has 0 N–H and O–H groups in total. The summed E-state index contributed by atoms with van der Waals surface area (Å²) >= 11 is 0. The van der Waals surface area contributed by atoms with E-state index >= 15 is 0 Å². The van der Waals surface area contributed by atoms with Gasteiger partial charge in [-0.15, -0.1) is 0 Å². The fourth-order valence-corrected chi connectivity index (χ4v) is 6.13. The van der Waals surface area contributed by atoms with Crippen LogP contribution in [0.1, 0.15) is 5.48 Å². The van der Waals surface area contributed by atoms with E-state index in [0.717, 1.165) is 55.2 Å². The van der Waals surface area contributed by atoms with Crippen LogP contribution in [0.2, 0.25) is 0 Å². The van der Waals surface area contributed by atoms with E-state index in [4.69, 9.17) is 2.74 Å². The highest BCUT2D eigenvalue weighted by atomic mass is 15.1. The van der Waals surface area contributed by atoms with Gasteiger partial charge in [-0.3, -0.25) is 0 Å². The Morgan fingerprint density at radius 2 is 0.978 bits per heavy atom. The minimum atomic E-state index is -0.214. The van der Waals surface area contributed by atoms with Crippen LogP contribution in [-0.4, -0.2) is 0 Å². The van der Waals surface area contributed by atoms with Gasteiger partial charge in [-0.2, -0.15) is 0 Å². The summed E-state index contributed by atoms with van der Waals surface area (Å²) < 4.78 is 37.0. The van der Waals surface area contributed by atoms with Gasteiger partial charge in [0.05, 0.1) is 11.2 Å². The summed E-state index contributed by atoms with van der Waals surface area (Å²) in [7, 11) is 0. The molecule has 0 aliphatic heterocycles. The number of fused-ring (bicyclic) bond motifs is 2. The number of benzene rings is 8. The van der Waals surface area contributed by atoms with Gasteiger partial charge in [0.2, 0.25) is 0 Å². The predicted molar refractivity (Wildman–Crippen MR) is 192 cm³/mol. The molecule has 0 saturated heterocycles. The molecule has 0 aliphatic carbocycles. The van der Waals surface area contributed by atoms with Crippen molar-refractivity contribution in [1.29, 1.82) is 0 Å². The van der Waals surface area contributed by atoms with Crippen molar-refractivity contribution < 1.29 is 5.48 Å². The van der Waals surface area contributed by atoms with Crippen molar-refractivity contribution in [1.82, 2.24) is 0 Å². The number of rotatable bonds is 6. The lowest BCUT2D eigenvalue weighted by atomic mass is 9.97. The van der Waals surface area contributed by atoms with Crippen molar-refractivity contribution in [2.24, 2.45) is 0 Å². The van der Waals surface area contributed by atoms with Crippen molar-refractivity contribution in [3.05, 3.63) is 188 Å². The zero-order valence-electron chi connectivity index (χ0n) is 28.5. The normalized spacial score (nSPS) is 12.4. The molecule has 0 unspecified atom stereocenters. The van der Waals surface area contributed by atoms with Crippen molar-refractivity contribution in [2.45, 2.75) is 0 Å². The molecule has 45 heavy (non-hydrogen) atoms. The molecule has 1 nitrogen and oxygen atoms in total. The van der Waals surface area contributed by atoms with E-state index in [1.54, 1.807) is 0 Å². The third-order valence-corrected chi connectivity index (χ3v) is 8.33. The molecule has 0 fully saturated rings. The van der Waals surface area contributed by atoms with E-state index in [0.29, 0.717) is 11.1 Å². The van der Waals surface area contributed by atoms with Gasteiger partial charge in [0.25, 0.3) is 0 Å². The van der Waals surface area contributed by atoms with Gasteiger partial charge in [0, 0.05) is 16.8 Å². The fourth-order valence-electron chi connectivity index (χ4n) is 6.13. The van der Waals surface area contributed by atoms with Crippen LogP contribution < -0.4 is 4.90 Å². The van der Waals surface area contributed by atoms with E-state index in [1.807, 2.05) is 120 Å². The molecule has 0 heterocycles. The van der Waals surface area contributed by atoms with Gasteiger partial charge >= 0.3 is 0 Å². The first-order chi connectivity index (χ1) is 24.0. The van der Waals surface area contributed by atoms with Gasteiger partial charge in [-0.05, 0) is 85.9 Å². The lowest BCUT2D eigenvalue weighted by Crippen LogP contribution is -2.10. The van der Waals surface area contributed by atoms with Gasteiger partial charge in [-0.1, -0.05) is 152 Å². The highest BCUT2D eigenvalue weighted by Crippen LogP contribution is 2.41. The minimum absolute atomic E-state index is 0.0370. The molecule has 0 aliphatic rings. The standard InChI is InChI=1S/C44H31N/c1-2-12-32(13-3-1)36-18-8-19-37(30-36)33-26-28-39(29-27-33)45(44-25-11-17-35-15-5-7-23-43(35)44)40-21-9-20-38(31-40)42-24-10-16-34-14-4-6-22-41(34)42/h1-31H/i9D,20D,21D,31D. The zero-order chi connectivity index (χ0) is 33.5. The molecular weight excluding hydrogens is 542 g/mol. The molecule has 0 saturated carbocycles. The quantitative estimate of drug-likeness (QED) is 0.190. The molecular formula is C44H31N. The summed E-state index contributed by atoms with van der Waals surface area (Å²) in [4.78, 5) is 1.92. The Hall–Kier alpha value is -5.92. The summed E-state index contributed by atoms with van der Waals surface area (Å²) in [5.74, 6) is 0. The maximum Gasteiger partial charge on any atom is 0.0651 e. The van der Waals surface area contributed by atoms with Gasteiger partial charge in [0.1, 0.15) is 0 Å². The van der Waals surface area contributed by atoms with Gasteiger partial charge in [0.15, 0.2) is 0 Å². The number of hydrogen-bond donors (Lipinski definition) is 0. The Kier molecular flexibility index (Phi) is 5.84. The van der Waals surface area contributed by atoms with Crippen LogP contribution in [0.15, 0.2) is 188 Å². The molecule has 0 radical (unpaired) electrons. The van der Waals surface area contributed by atoms with Crippen molar-refractivity contribution in [2.75, 3.05) is 4.90 Å². The van der Waals surface area contributed by atoms with Crippen LogP contribution in [0.25, 0.3) is 54.9 Å². The monoisotopic (exact) mass is 577 g/mol. The van der Waals surface area contributed by atoms with E-state index in [1.165, 1.54) is 0 Å². The molecule has 0 bridgehead atoms. The van der Waals surface area contributed by atoms with Gasteiger partial charge < -0.3 is 4.90 Å². The third-order valence-electron chi connectivity index (χ3n) is 8.33. The summed E-state index contributed by atoms with van der Waals surface area (Å²) in [5.41, 5.74) is 7.26. The molecule has 1 heteroatoms. The number of hydrogen-bond acceptors (Lipinski definition) is 1. The highest BCUT2D eigenvalue weighted by molar-refractivity contribution is 6.01. The largest absolute Gasteiger partial charge is 0.310 e. The summed E-state index contributed by atoms with van der Waals surface area (Å²) in [6, 6.07) is 54.3. The van der Waals surface area contributed by atoms with Crippen LogP contribution in [0.4, 0.5) is 17.1 Å². The Bertz CT molecular complexity index is 2480. The molecule has 212 valence electrons. The lowest BCUT2D eigenvalue weighted by Gasteiger charge is -2.27. The maximum atomic E-state index is 9.69. The molecule has 0 amide bonds. The van der Waals surface area contributed by atoms with Crippen LogP contribution in [0.3, 0.4) is 0 Å². The number of nitrogens with zero attached hydrogens (tertiary/aromatic N) is 1. The first-order valence-corrected chi connectivity index (χ1v) is 15.1. The summed E-state index contributed by atoms with van der Waals surface area (Å²) in [5, 5.41) is 3.86. The van der Waals surface area contributed by atoms with Crippen LogP contribution in [-0.2, 0) is 0 Å². The van der Waals surface area contributed by atoms with Crippen LogP contribution in [0.5, 0.6) is 0 Å². The average Bonchev–Trinajstić information content (AvgIpc) is 3.16. The molecule has 0 atom stereocenters. The topological polar surface area (TPSA) is 3.24 Å². The van der Waals surface area contributed by atoms with E-state index in [9.17, 15) is 2.74 Å². The average molecular weight is 578 g/mol.